The fourth-order valence-electron chi connectivity index (χ4n) is 4.61. The maximum absolute atomic E-state index is 12.1. The highest BCUT2D eigenvalue weighted by atomic mass is 32.2. The summed E-state index contributed by atoms with van der Waals surface area (Å²) < 4.78 is 31.3. The Hall–Kier alpha value is -3.59. The summed E-state index contributed by atoms with van der Waals surface area (Å²) in [6.07, 6.45) is 5.55. The lowest BCUT2D eigenvalue weighted by Gasteiger charge is -2.38. The van der Waals surface area contributed by atoms with Gasteiger partial charge in [0.1, 0.15) is 0 Å². The number of primary sulfonamides is 1. The third-order valence-electron chi connectivity index (χ3n) is 6.59. The first-order valence-corrected chi connectivity index (χ1v) is 12.5. The van der Waals surface area contributed by atoms with E-state index in [1.165, 1.54) is 5.56 Å². The molecule has 1 aliphatic rings. The van der Waals surface area contributed by atoms with Crippen LogP contribution in [0.3, 0.4) is 0 Å². The Morgan fingerprint density at radius 2 is 1.65 bits per heavy atom. The minimum Gasteiger partial charge on any atom is -0.379 e. The summed E-state index contributed by atoms with van der Waals surface area (Å²) in [5.74, 6) is 0. The topological polar surface area (TPSA) is 99.6 Å². The molecular formula is C26H22N4O3S. The average Bonchev–Trinajstić information content (AvgIpc) is 3.24. The number of aromatic nitrogens is 3. The second-order valence-electron chi connectivity index (χ2n) is 9.00. The first-order valence-electron chi connectivity index (χ1n) is 10.9. The summed E-state index contributed by atoms with van der Waals surface area (Å²) in [4.78, 5) is 4.81. The van der Waals surface area contributed by atoms with E-state index in [0.29, 0.717) is 11.0 Å². The molecule has 2 N–H and O–H groups in total. The monoisotopic (exact) mass is 470 g/mol. The molecule has 3 aromatic carbocycles. The number of sulfonamides is 1. The Morgan fingerprint density at radius 3 is 2.32 bits per heavy atom. The molecule has 0 aliphatic carbocycles. The van der Waals surface area contributed by atoms with Gasteiger partial charge in [0.2, 0.25) is 10.0 Å². The second kappa shape index (κ2) is 7.46. The minimum atomic E-state index is -3.85. The van der Waals surface area contributed by atoms with Crippen molar-refractivity contribution in [2.75, 3.05) is 13.2 Å². The third-order valence-corrected chi connectivity index (χ3v) is 7.56. The number of nitrogens with two attached hydrogens (primary N) is 1. The molecule has 2 aromatic heterocycles. The van der Waals surface area contributed by atoms with Crippen molar-refractivity contribution in [3.63, 3.8) is 0 Å². The zero-order valence-corrected chi connectivity index (χ0v) is 19.3. The molecule has 1 saturated heterocycles. The molecule has 1 fully saturated rings. The molecule has 7 nitrogen and oxygen atoms in total. The van der Waals surface area contributed by atoms with Crippen molar-refractivity contribution in [1.82, 2.24) is 14.6 Å². The molecule has 0 saturated carbocycles. The van der Waals surface area contributed by atoms with E-state index >= 15 is 0 Å². The third kappa shape index (κ3) is 3.30. The molecule has 0 amide bonds. The van der Waals surface area contributed by atoms with Crippen molar-refractivity contribution in [2.24, 2.45) is 5.14 Å². The zero-order valence-electron chi connectivity index (χ0n) is 18.5. The van der Waals surface area contributed by atoms with Gasteiger partial charge in [0.25, 0.3) is 0 Å². The smallest absolute Gasteiger partial charge is 0.238 e. The van der Waals surface area contributed by atoms with Crippen molar-refractivity contribution in [3.8, 4) is 22.3 Å². The molecular weight excluding hydrogens is 448 g/mol. The normalized spacial score (nSPS) is 15.5. The highest BCUT2D eigenvalue weighted by Crippen LogP contribution is 2.35. The zero-order chi connectivity index (χ0) is 23.5. The van der Waals surface area contributed by atoms with Crippen LogP contribution in [0.15, 0.2) is 84.1 Å². The van der Waals surface area contributed by atoms with E-state index in [1.807, 2.05) is 24.5 Å². The molecule has 8 heteroatoms. The molecule has 34 heavy (non-hydrogen) atoms. The van der Waals surface area contributed by atoms with Gasteiger partial charge in [-0.3, -0.25) is 0 Å². The Labute approximate surface area is 196 Å². The van der Waals surface area contributed by atoms with Crippen LogP contribution in [0.1, 0.15) is 12.5 Å². The van der Waals surface area contributed by atoms with Crippen molar-refractivity contribution in [2.45, 2.75) is 17.2 Å². The van der Waals surface area contributed by atoms with Crippen LogP contribution in [0.2, 0.25) is 0 Å². The number of hydrogen-bond acceptors (Lipinski definition) is 5. The number of fused-ring (bicyclic) bond motifs is 2. The van der Waals surface area contributed by atoms with Gasteiger partial charge in [0.15, 0.2) is 5.65 Å². The van der Waals surface area contributed by atoms with Gasteiger partial charge in [-0.2, -0.15) is 5.10 Å². The molecule has 170 valence electrons. The summed E-state index contributed by atoms with van der Waals surface area (Å²) in [7, 11) is -3.85. The van der Waals surface area contributed by atoms with Crippen LogP contribution in [0.25, 0.3) is 38.7 Å². The number of nitrogens with zero attached hydrogens (tertiary/aromatic N) is 3. The molecule has 6 rings (SSSR count). The fourth-order valence-corrected chi connectivity index (χ4v) is 5.35. The summed E-state index contributed by atoms with van der Waals surface area (Å²) >= 11 is 0. The van der Waals surface area contributed by atoms with Crippen LogP contribution in [-0.2, 0) is 20.2 Å². The Bertz CT molecular complexity index is 1670. The molecule has 3 heterocycles. The van der Waals surface area contributed by atoms with Crippen LogP contribution in [0, 0.1) is 0 Å². The second-order valence-corrected chi connectivity index (χ2v) is 10.5. The van der Waals surface area contributed by atoms with Gasteiger partial charge in [0.05, 0.1) is 24.3 Å². The first-order chi connectivity index (χ1) is 16.3. The van der Waals surface area contributed by atoms with Crippen molar-refractivity contribution in [3.05, 3.63) is 84.8 Å². The molecule has 0 atom stereocenters. The highest BCUT2D eigenvalue weighted by molar-refractivity contribution is 7.89. The lowest BCUT2D eigenvalue weighted by Crippen LogP contribution is -2.43. The van der Waals surface area contributed by atoms with E-state index in [4.69, 9.17) is 14.9 Å². The average molecular weight is 471 g/mol. The van der Waals surface area contributed by atoms with E-state index in [2.05, 4.69) is 36.3 Å². The molecule has 1 aliphatic heterocycles. The van der Waals surface area contributed by atoms with Crippen LogP contribution in [0.4, 0.5) is 0 Å². The molecule has 0 bridgehead atoms. The fraction of sp³-hybridized carbons (Fsp3) is 0.154. The van der Waals surface area contributed by atoms with E-state index in [0.717, 1.165) is 40.9 Å². The van der Waals surface area contributed by atoms with Gasteiger partial charge in [-0.1, -0.05) is 61.5 Å². The van der Waals surface area contributed by atoms with Gasteiger partial charge in [-0.05, 0) is 28.1 Å². The van der Waals surface area contributed by atoms with E-state index in [-0.39, 0.29) is 10.3 Å². The molecule has 5 aromatic rings. The van der Waals surface area contributed by atoms with Gasteiger partial charge < -0.3 is 4.74 Å². The van der Waals surface area contributed by atoms with Crippen LogP contribution in [-0.4, -0.2) is 36.2 Å². The first kappa shape index (κ1) is 21.0. The minimum absolute atomic E-state index is 0.0964. The number of benzene rings is 3. The molecule has 0 unspecified atom stereocenters. The molecule has 0 radical (unpaired) electrons. The summed E-state index contributed by atoms with van der Waals surface area (Å²) in [6, 6.07) is 19.1. The standard InChI is InChI=1S/C26H22N4O3S/c1-26(15-33-16-26)19-8-6-17(7-9-19)18-12-28-25-23(13-29-30(25)14-18)21-10-11-24(34(27,31)32)22-5-3-2-4-20(21)22/h2-14H,15-16H2,1H3,(H2,27,31,32). The Balaban J connectivity index is 1.42. The van der Waals surface area contributed by atoms with Crippen molar-refractivity contribution in [1.29, 1.82) is 0 Å². The van der Waals surface area contributed by atoms with E-state index in [1.54, 1.807) is 35.0 Å². The predicted molar refractivity (Wildman–Crippen MR) is 131 cm³/mol. The molecule has 0 spiro atoms. The van der Waals surface area contributed by atoms with Crippen LogP contribution >= 0.6 is 0 Å². The van der Waals surface area contributed by atoms with Crippen molar-refractivity contribution < 1.29 is 13.2 Å². The summed E-state index contributed by atoms with van der Waals surface area (Å²) in [5, 5.41) is 11.3. The van der Waals surface area contributed by atoms with Gasteiger partial charge in [0, 0.05) is 34.3 Å². The van der Waals surface area contributed by atoms with Crippen LogP contribution < -0.4 is 5.14 Å². The lowest BCUT2D eigenvalue weighted by atomic mass is 9.80. The van der Waals surface area contributed by atoms with Gasteiger partial charge in [-0.25, -0.2) is 23.1 Å². The summed E-state index contributed by atoms with van der Waals surface area (Å²) in [6.45, 7) is 3.72. The van der Waals surface area contributed by atoms with Crippen molar-refractivity contribution >= 4 is 26.4 Å². The Kier molecular flexibility index (Phi) is 4.60. The summed E-state index contributed by atoms with van der Waals surface area (Å²) in [5.41, 5.74) is 5.73. The quantitative estimate of drug-likeness (QED) is 0.425. The number of rotatable bonds is 4. The maximum Gasteiger partial charge on any atom is 0.238 e. The van der Waals surface area contributed by atoms with Crippen LogP contribution in [0.5, 0.6) is 0 Å². The highest BCUT2D eigenvalue weighted by Gasteiger charge is 2.35. The Morgan fingerprint density at radius 1 is 0.912 bits per heavy atom. The number of ether oxygens (including phenoxy) is 1. The SMILES string of the molecule is CC1(c2ccc(-c3cnc4c(-c5ccc(S(N)(=O)=O)c6ccccc56)cnn4c3)cc2)COC1. The van der Waals surface area contributed by atoms with Gasteiger partial charge in [-0.15, -0.1) is 0 Å². The number of hydrogen-bond donors (Lipinski definition) is 1. The largest absolute Gasteiger partial charge is 0.379 e. The predicted octanol–water partition coefficient (Wildman–Crippen LogP) is 4.15. The van der Waals surface area contributed by atoms with E-state index < -0.39 is 10.0 Å². The lowest BCUT2D eigenvalue weighted by molar-refractivity contribution is -0.0500. The van der Waals surface area contributed by atoms with E-state index in [9.17, 15) is 8.42 Å². The van der Waals surface area contributed by atoms with Gasteiger partial charge >= 0.3 is 0 Å². The maximum atomic E-state index is 12.1.